The summed E-state index contributed by atoms with van der Waals surface area (Å²) in [4.78, 5) is 41.3. The van der Waals surface area contributed by atoms with Crippen LogP contribution in [0.25, 0.3) is 0 Å². The number of cyclic esters (lactones) is 1. The van der Waals surface area contributed by atoms with Crippen LogP contribution in [0.4, 0.5) is 10.1 Å². The average Bonchev–Trinajstić information content (AvgIpc) is 3.82. The highest BCUT2D eigenvalue weighted by atomic mass is 19.1. The highest BCUT2D eigenvalue weighted by Gasteiger charge is 2.54. The lowest BCUT2D eigenvalue weighted by molar-refractivity contribution is -0.384. The Balaban J connectivity index is 1.45. The van der Waals surface area contributed by atoms with Crippen molar-refractivity contribution in [2.24, 2.45) is 23.7 Å². The molecule has 0 spiro atoms. The first-order valence-corrected chi connectivity index (χ1v) is 24.9. The molecule has 1 aromatic heterocycles. The number of hydrogen-bond acceptors (Lipinski definition) is 18. The number of aromatic nitrogens is 3. The predicted molar refractivity (Wildman–Crippen MR) is 256 cm³/mol. The number of nitro benzene ring substituents is 1. The summed E-state index contributed by atoms with van der Waals surface area (Å²) in [6, 6.07) is 4.73. The van der Waals surface area contributed by atoms with Gasteiger partial charge in [-0.1, -0.05) is 45.0 Å². The van der Waals surface area contributed by atoms with E-state index in [1.165, 1.54) is 44.9 Å². The zero-order valence-corrected chi connectivity index (χ0v) is 43.7. The molecular weight excluding hydrogens is 930 g/mol. The lowest BCUT2D eigenvalue weighted by Gasteiger charge is -2.50. The molecule has 3 aliphatic heterocycles. The van der Waals surface area contributed by atoms with Crippen molar-refractivity contribution in [2.75, 3.05) is 34.5 Å². The highest BCUT2D eigenvalue weighted by molar-refractivity contribution is 5.83. The third-order valence-electron chi connectivity index (χ3n) is 15.6. The molecule has 1 aromatic carbocycles. The Labute approximate surface area is 416 Å². The number of halogens is 1. The first-order chi connectivity index (χ1) is 33.2. The van der Waals surface area contributed by atoms with Crippen molar-refractivity contribution >= 4 is 17.4 Å². The minimum Gasteiger partial charge on any atom is -0.459 e. The van der Waals surface area contributed by atoms with Gasteiger partial charge in [0, 0.05) is 75.7 Å². The minimum absolute atomic E-state index is 0.0315. The molecule has 3 aliphatic rings. The number of hydrogen-bond donors (Lipinski definition) is 4. The number of esters is 1. The molecule has 21 heteroatoms. The second-order valence-corrected chi connectivity index (χ2v) is 21.0. The van der Waals surface area contributed by atoms with E-state index in [9.17, 15) is 44.5 Å². The summed E-state index contributed by atoms with van der Waals surface area (Å²) in [7, 11) is 4.81. The van der Waals surface area contributed by atoms with Crippen molar-refractivity contribution in [3.05, 3.63) is 51.8 Å². The number of benzene rings is 1. The Kier molecular flexibility index (Phi) is 19.8. The maximum absolute atomic E-state index is 14.4. The van der Waals surface area contributed by atoms with E-state index in [1.807, 2.05) is 18.9 Å². The molecule has 402 valence electrons. The maximum atomic E-state index is 14.4. The lowest BCUT2D eigenvalue weighted by atomic mass is 9.74. The van der Waals surface area contributed by atoms with Gasteiger partial charge in [0.05, 0.1) is 64.3 Å². The van der Waals surface area contributed by atoms with Gasteiger partial charge in [0.1, 0.15) is 36.4 Å². The van der Waals surface area contributed by atoms with Crippen LogP contribution < -0.4 is 0 Å². The Bertz CT molecular complexity index is 2070. The summed E-state index contributed by atoms with van der Waals surface area (Å²) in [5, 5.41) is 66.3. The van der Waals surface area contributed by atoms with Crippen LogP contribution in [-0.2, 0) is 55.6 Å². The van der Waals surface area contributed by atoms with Gasteiger partial charge in [-0.2, -0.15) is 0 Å². The fourth-order valence-corrected chi connectivity index (χ4v) is 10.8. The second kappa shape index (κ2) is 24.2. The summed E-state index contributed by atoms with van der Waals surface area (Å²) >= 11 is 0. The molecule has 4 N–H and O–H groups in total. The van der Waals surface area contributed by atoms with Gasteiger partial charge in [0.15, 0.2) is 12.6 Å². The van der Waals surface area contributed by atoms with Crippen molar-refractivity contribution < 1.29 is 72.5 Å². The number of ether oxygens (including phenoxy) is 7. The van der Waals surface area contributed by atoms with Crippen LogP contribution in [0.3, 0.4) is 0 Å². The number of likely N-dealkylation sites (N-methyl/N-ethyl adjacent to an activating group) is 1. The number of nitrogens with zero attached hydrogens (tertiary/aromatic N) is 5. The largest absolute Gasteiger partial charge is 0.459 e. The van der Waals surface area contributed by atoms with Crippen LogP contribution >= 0.6 is 0 Å². The fourth-order valence-electron chi connectivity index (χ4n) is 10.8. The summed E-state index contributed by atoms with van der Waals surface area (Å²) in [5.41, 5.74) is -3.25. The Hall–Kier alpha value is -3.61. The number of carbonyl (C=O) groups is 2. The lowest BCUT2D eigenvalue weighted by Crippen LogP contribution is -2.61. The molecule has 4 heterocycles. The zero-order chi connectivity index (χ0) is 52.9. The molecule has 0 saturated carbocycles. The standard InChI is InChI=1S/C50H80FN5O15/c1-14-38-50(10,62)43(59)29(4)40(57)27(2)23-49(9,66-13)45(30(5)42(31(6)46(61)69-38)70-39-24-48(8,65-12)44(60)32(7)68-39)71-47-41(58)37(21-28(3)67-47)54(11)20-19-34-26-55(53-52-34)36(25-51)22-33-15-17-35(18-16-33)56(63)64/h15-18,26-32,36-39,41-45,47,58-60,62H,14,19-25H2,1-13H3/t27-,28-,29+,30-,31-,32+,36+,37+,38-,39+,41-,42+,43-,44+,45-,47+,48-,49-,50-/m1/s1. The van der Waals surface area contributed by atoms with Gasteiger partial charge in [0.2, 0.25) is 0 Å². The topological polar surface area (TPSA) is 257 Å². The van der Waals surface area contributed by atoms with E-state index in [1.54, 1.807) is 66.8 Å². The molecule has 0 unspecified atom stereocenters. The quantitative estimate of drug-likeness (QED) is 0.104. The van der Waals surface area contributed by atoms with Crippen LogP contribution in [-0.4, -0.2) is 176 Å². The molecule has 0 radical (unpaired) electrons. The van der Waals surface area contributed by atoms with E-state index in [2.05, 4.69) is 10.3 Å². The summed E-state index contributed by atoms with van der Waals surface area (Å²) < 4.78 is 60.4. The molecule has 5 rings (SSSR count). The van der Waals surface area contributed by atoms with Crippen LogP contribution in [0, 0.1) is 33.8 Å². The number of nitro groups is 1. The predicted octanol–water partition coefficient (Wildman–Crippen LogP) is 4.31. The molecule has 71 heavy (non-hydrogen) atoms. The summed E-state index contributed by atoms with van der Waals surface area (Å²) in [6.45, 7) is 16.4. The highest BCUT2D eigenvalue weighted by Crippen LogP contribution is 2.42. The minimum atomic E-state index is -2.02. The molecule has 0 aliphatic carbocycles. The number of Topliss-reactive ketones (excluding diaryl/α,β-unsaturated/α-hetero) is 1. The molecule has 2 aromatic rings. The van der Waals surface area contributed by atoms with Crippen molar-refractivity contribution in [3.63, 3.8) is 0 Å². The van der Waals surface area contributed by atoms with E-state index >= 15 is 0 Å². The first kappa shape index (κ1) is 58.3. The second-order valence-electron chi connectivity index (χ2n) is 21.0. The first-order valence-electron chi connectivity index (χ1n) is 24.9. The van der Waals surface area contributed by atoms with Crippen LogP contribution in [0.15, 0.2) is 30.5 Å². The smallest absolute Gasteiger partial charge is 0.311 e. The van der Waals surface area contributed by atoms with Crippen molar-refractivity contribution in [2.45, 2.75) is 198 Å². The van der Waals surface area contributed by atoms with E-state index < -0.39 is 132 Å². The van der Waals surface area contributed by atoms with Crippen LogP contribution in [0.2, 0.25) is 0 Å². The number of methoxy groups -OCH3 is 2. The van der Waals surface area contributed by atoms with E-state index in [-0.39, 0.29) is 37.2 Å². The molecule has 0 bridgehead atoms. The van der Waals surface area contributed by atoms with E-state index in [0.29, 0.717) is 30.6 Å². The third-order valence-corrected chi connectivity index (χ3v) is 15.6. The summed E-state index contributed by atoms with van der Waals surface area (Å²) in [6.07, 6.45) is -7.83. The van der Waals surface area contributed by atoms with Gasteiger partial charge in [-0.3, -0.25) is 19.7 Å². The number of non-ortho nitro benzene ring substituents is 1. The van der Waals surface area contributed by atoms with Gasteiger partial charge >= 0.3 is 5.97 Å². The molecule has 3 fully saturated rings. The van der Waals surface area contributed by atoms with Gasteiger partial charge in [0.25, 0.3) is 5.69 Å². The number of aliphatic hydroxyl groups is 4. The molecule has 3 saturated heterocycles. The van der Waals surface area contributed by atoms with Gasteiger partial charge in [-0.15, -0.1) is 5.10 Å². The monoisotopic (exact) mass is 1010 g/mol. The Morgan fingerprint density at radius 2 is 1.61 bits per heavy atom. The normalized spacial score (nSPS) is 39.5. The van der Waals surface area contributed by atoms with E-state index in [4.69, 9.17) is 33.2 Å². The van der Waals surface area contributed by atoms with Gasteiger partial charge in [-0.05, 0) is 79.8 Å². The molecule has 0 amide bonds. The van der Waals surface area contributed by atoms with Crippen molar-refractivity contribution in [1.82, 2.24) is 19.9 Å². The van der Waals surface area contributed by atoms with Gasteiger partial charge in [-0.25, -0.2) is 9.07 Å². The van der Waals surface area contributed by atoms with E-state index in [0.717, 1.165) is 0 Å². The number of aliphatic hydroxyl groups excluding tert-OH is 3. The molecule has 19 atom stereocenters. The maximum Gasteiger partial charge on any atom is 0.311 e. The fraction of sp³-hybridized carbons (Fsp3) is 0.800. The Morgan fingerprint density at radius 3 is 2.20 bits per heavy atom. The SMILES string of the molecule is CC[C@H]1OC(=O)[C@H](C)[C@@H](O[C@H]2C[C@@](C)(OC)[C@@H](O)[C@H](C)O2)[C@@H](C)[C@@H](O[C@@H]2O[C@H](C)C[C@H](N(C)CCc3cn([C@H](CF)Cc4ccc([N+](=O)[O-])cc4)nn3)[C@H]2O)[C@](C)(OC)C[C@@H](C)C(=O)[C@H](C)[C@@H](O)[C@]1(C)O. The number of carbonyl (C=O) groups excluding carboxylic acids is 2. The van der Waals surface area contributed by atoms with Crippen molar-refractivity contribution in [1.29, 1.82) is 0 Å². The molecular formula is C50H80FN5O15. The zero-order valence-electron chi connectivity index (χ0n) is 43.7. The molecule has 20 nitrogen and oxygen atoms in total. The van der Waals surface area contributed by atoms with Crippen LogP contribution in [0.1, 0.15) is 112 Å². The Morgan fingerprint density at radius 1 is 0.958 bits per heavy atom. The van der Waals surface area contributed by atoms with Crippen molar-refractivity contribution in [3.8, 4) is 0 Å². The summed E-state index contributed by atoms with van der Waals surface area (Å²) in [5.74, 6) is -4.91. The van der Waals surface area contributed by atoms with Gasteiger partial charge < -0.3 is 58.5 Å². The number of alkyl halides is 1. The number of rotatable bonds is 16. The third kappa shape index (κ3) is 13.2. The van der Waals surface area contributed by atoms with Crippen LogP contribution in [0.5, 0.6) is 0 Å². The average molecular weight is 1010 g/mol. The number of ketones is 1.